The van der Waals surface area contributed by atoms with Crippen LogP contribution in [0.5, 0.6) is 0 Å². The molecule has 2 fully saturated rings. The van der Waals surface area contributed by atoms with Crippen molar-refractivity contribution in [3.63, 3.8) is 0 Å². The average Bonchev–Trinajstić information content (AvgIpc) is 2.55. The quantitative estimate of drug-likeness (QED) is 0.856. The Balaban J connectivity index is 1.87. The highest BCUT2D eigenvalue weighted by Crippen LogP contribution is 2.40. The largest absolute Gasteiger partial charge is 0.395 e. The fourth-order valence-electron chi connectivity index (χ4n) is 3.78. The molecular formula is C16H27F3N2O2. The Labute approximate surface area is 135 Å². The van der Waals surface area contributed by atoms with E-state index >= 15 is 0 Å². The number of alkyl halides is 3. The first-order valence-corrected chi connectivity index (χ1v) is 8.57. The highest BCUT2D eigenvalue weighted by atomic mass is 19.4. The molecule has 2 aliphatic rings. The molecule has 0 radical (unpaired) electrons. The molecule has 1 N–H and O–H groups in total. The maximum Gasteiger partial charge on any atom is 0.391 e. The minimum Gasteiger partial charge on any atom is -0.395 e. The van der Waals surface area contributed by atoms with Gasteiger partial charge < -0.3 is 10.0 Å². The molecule has 4 nitrogen and oxygen atoms in total. The lowest BCUT2D eigenvalue weighted by molar-refractivity contribution is -0.187. The molecule has 2 rings (SSSR count). The summed E-state index contributed by atoms with van der Waals surface area (Å²) in [5, 5.41) is 9.33. The molecule has 0 aromatic heterocycles. The maximum absolute atomic E-state index is 12.9. The molecule has 1 saturated heterocycles. The number of nitrogens with zero attached hydrogens (tertiary/aromatic N) is 2. The van der Waals surface area contributed by atoms with Crippen molar-refractivity contribution in [2.75, 3.05) is 32.8 Å². The number of carbonyl (C=O) groups is 1. The fourth-order valence-corrected chi connectivity index (χ4v) is 3.78. The predicted molar refractivity (Wildman–Crippen MR) is 80.8 cm³/mol. The lowest BCUT2D eigenvalue weighted by Gasteiger charge is -2.40. The van der Waals surface area contributed by atoms with Gasteiger partial charge in [-0.25, -0.2) is 0 Å². The number of amides is 1. The first-order chi connectivity index (χ1) is 10.9. The molecule has 0 spiro atoms. The van der Waals surface area contributed by atoms with Gasteiger partial charge >= 0.3 is 6.18 Å². The minimum absolute atomic E-state index is 0.0588. The van der Waals surface area contributed by atoms with E-state index in [0.29, 0.717) is 39.0 Å². The zero-order valence-corrected chi connectivity index (χ0v) is 13.7. The van der Waals surface area contributed by atoms with E-state index in [0.717, 1.165) is 6.42 Å². The van der Waals surface area contributed by atoms with Crippen molar-refractivity contribution in [3.8, 4) is 0 Å². The first kappa shape index (κ1) is 18.5. The van der Waals surface area contributed by atoms with Gasteiger partial charge in [-0.2, -0.15) is 13.2 Å². The third kappa shape index (κ3) is 4.59. The highest BCUT2D eigenvalue weighted by Gasteiger charge is 2.44. The molecule has 0 aromatic rings. The SMILES string of the molecule is CCC(CO)N1CCN(C(=O)C2CCCC(C(F)(F)F)C2)CC1. The summed E-state index contributed by atoms with van der Waals surface area (Å²) in [6.07, 6.45) is -2.21. The van der Waals surface area contributed by atoms with Gasteiger partial charge in [0.25, 0.3) is 0 Å². The van der Waals surface area contributed by atoms with Crippen molar-refractivity contribution < 1.29 is 23.1 Å². The zero-order chi connectivity index (χ0) is 17.0. The summed E-state index contributed by atoms with van der Waals surface area (Å²) in [7, 11) is 0. The molecule has 3 unspecified atom stereocenters. The number of carbonyl (C=O) groups excluding carboxylic acids is 1. The van der Waals surface area contributed by atoms with Crippen LogP contribution in [0.2, 0.25) is 0 Å². The number of hydrogen-bond donors (Lipinski definition) is 1. The van der Waals surface area contributed by atoms with Crippen molar-refractivity contribution in [3.05, 3.63) is 0 Å². The molecule has 0 aromatic carbocycles. The van der Waals surface area contributed by atoms with E-state index in [4.69, 9.17) is 0 Å². The molecule has 1 heterocycles. The minimum atomic E-state index is -4.19. The molecule has 7 heteroatoms. The van der Waals surface area contributed by atoms with E-state index in [1.807, 2.05) is 6.92 Å². The number of aliphatic hydroxyl groups excluding tert-OH is 1. The zero-order valence-electron chi connectivity index (χ0n) is 13.7. The summed E-state index contributed by atoms with van der Waals surface area (Å²) < 4.78 is 38.6. The summed E-state index contributed by atoms with van der Waals surface area (Å²) in [6.45, 7) is 4.56. The van der Waals surface area contributed by atoms with E-state index in [9.17, 15) is 23.1 Å². The number of aliphatic hydroxyl groups is 1. The van der Waals surface area contributed by atoms with Crippen LogP contribution in [0.3, 0.4) is 0 Å². The summed E-state index contributed by atoms with van der Waals surface area (Å²) in [5.74, 6) is -1.93. The van der Waals surface area contributed by atoms with Gasteiger partial charge in [-0.05, 0) is 25.7 Å². The van der Waals surface area contributed by atoms with E-state index in [2.05, 4.69) is 4.90 Å². The second-order valence-electron chi connectivity index (χ2n) is 6.71. The molecule has 23 heavy (non-hydrogen) atoms. The van der Waals surface area contributed by atoms with Crippen LogP contribution >= 0.6 is 0 Å². The molecule has 1 aliphatic carbocycles. The van der Waals surface area contributed by atoms with Crippen LogP contribution in [0, 0.1) is 11.8 Å². The molecule has 1 saturated carbocycles. The first-order valence-electron chi connectivity index (χ1n) is 8.57. The van der Waals surface area contributed by atoms with Crippen LogP contribution in [-0.2, 0) is 4.79 Å². The van der Waals surface area contributed by atoms with Crippen molar-refractivity contribution in [2.45, 2.75) is 51.2 Å². The maximum atomic E-state index is 12.9. The highest BCUT2D eigenvalue weighted by molar-refractivity contribution is 5.79. The summed E-state index contributed by atoms with van der Waals surface area (Å²) in [6, 6.07) is 0.108. The summed E-state index contributed by atoms with van der Waals surface area (Å²) >= 11 is 0. The van der Waals surface area contributed by atoms with Crippen LogP contribution in [0.4, 0.5) is 13.2 Å². The van der Waals surface area contributed by atoms with Gasteiger partial charge in [0.15, 0.2) is 0 Å². The van der Waals surface area contributed by atoms with Crippen LogP contribution in [-0.4, -0.2) is 65.8 Å². The topological polar surface area (TPSA) is 43.8 Å². The smallest absolute Gasteiger partial charge is 0.391 e. The fraction of sp³-hybridized carbons (Fsp3) is 0.938. The Morgan fingerprint density at radius 1 is 1.22 bits per heavy atom. The monoisotopic (exact) mass is 336 g/mol. The van der Waals surface area contributed by atoms with Crippen molar-refractivity contribution in [2.24, 2.45) is 11.8 Å². The molecule has 1 amide bonds. The third-order valence-electron chi connectivity index (χ3n) is 5.31. The Morgan fingerprint density at radius 3 is 2.39 bits per heavy atom. The Bertz CT molecular complexity index is 391. The molecule has 1 aliphatic heterocycles. The van der Waals surface area contributed by atoms with Gasteiger partial charge in [-0.15, -0.1) is 0 Å². The van der Waals surface area contributed by atoms with Crippen LogP contribution in [0.25, 0.3) is 0 Å². The number of piperazine rings is 1. The van der Waals surface area contributed by atoms with Crippen LogP contribution in [0.1, 0.15) is 39.0 Å². The lowest BCUT2D eigenvalue weighted by Crippen LogP contribution is -2.54. The van der Waals surface area contributed by atoms with Gasteiger partial charge in [0.1, 0.15) is 0 Å². The second kappa shape index (κ2) is 7.83. The standard InChI is InChI=1S/C16H27F3N2O2/c1-2-14(11-22)20-6-8-21(9-7-20)15(23)12-4-3-5-13(10-12)16(17,18)19/h12-14,22H,2-11H2,1H3. The second-order valence-corrected chi connectivity index (χ2v) is 6.71. The van der Waals surface area contributed by atoms with E-state index in [1.165, 1.54) is 0 Å². The molecule has 0 bridgehead atoms. The lowest BCUT2D eigenvalue weighted by atomic mass is 9.80. The van der Waals surface area contributed by atoms with E-state index in [-0.39, 0.29) is 31.4 Å². The predicted octanol–water partition coefficient (Wildman–Crippen LogP) is 2.27. The molecule has 134 valence electrons. The van der Waals surface area contributed by atoms with Gasteiger partial charge in [0.2, 0.25) is 5.91 Å². The Kier molecular flexibility index (Phi) is 6.31. The number of halogens is 3. The average molecular weight is 336 g/mol. The third-order valence-corrected chi connectivity index (χ3v) is 5.31. The van der Waals surface area contributed by atoms with E-state index in [1.54, 1.807) is 4.90 Å². The number of hydrogen-bond acceptors (Lipinski definition) is 3. The van der Waals surface area contributed by atoms with Gasteiger partial charge in [0.05, 0.1) is 12.5 Å². The van der Waals surface area contributed by atoms with E-state index < -0.39 is 18.0 Å². The Hall–Kier alpha value is -0.820. The van der Waals surface area contributed by atoms with Crippen molar-refractivity contribution in [1.82, 2.24) is 9.80 Å². The Morgan fingerprint density at radius 2 is 1.87 bits per heavy atom. The van der Waals surface area contributed by atoms with Gasteiger partial charge in [0, 0.05) is 38.1 Å². The van der Waals surface area contributed by atoms with Crippen LogP contribution in [0.15, 0.2) is 0 Å². The normalized spacial score (nSPS) is 28.7. The molecular weight excluding hydrogens is 309 g/mol. The van der Waals surface area contributed by atoms with Crippen LogP contribution < -0.4 is 0 Å². The van der Waals surface area contributed by atoms with Gasteiger partial charge in [-0.3, -0.25) is 9.69 Å². The van der Waals surface area contributed by atoms with Gasteiger partial charge in [-0.1, -0.05) is 13.3 Å². The number of rotatable bonds is 4. The summed E-state index contributed by atoms with van der Waals surface area (Å²) in [5.41, 5.74) is 0. The van der Waals surface area contributed by atoms with Crippen molar-refractivity contribution >= 4 is 5.91 Å². The van der Waals surface area contributed by atoms with Crippen molar-refractivity contribution in [1.29, 1.82) is 0 Å². The summed E-state index contributed by atoms with van der Waals surface area (Å²) in [4.78, 5) is 16.4. The molecule has 3 atom stereocenters.